The largest absolute Gasteiger partial charge is 0.462 e. The van der Waals surface area contributed by atoms with E-state index in [0.29, 0.717) is 19.3 Å². The first kappa shape index (κ1) is 62.6. The van der Waals surface area contributed by atoms with Gasteiger partial charge in [0.25, 0.3) is 0 Å². The molecule has 6 nitrogen and oxygen atoms in total. The molecule has 0 bridgehead atoms. The quantitative estimate of drug-likeness (QED) is 0.0321. The lowest BCUT2D eigenvalue weighted by Crippen LogP contribution is -2.46. The Bertz CT molecular complexity index is 1160. The van der Waals surface area contributed by atoms with Crippen LogP contribution in [-0.4, -0.2) is 46.9 Å². The number of ether oxygens (including phenoxy) is 1. The molecule has 6 heteroatoms. The van der Waals surface area contributed by atoms with Gasteiger partial charge in [0.2, 0.25) is 5.91 Å². The van der Waals surface area contributed by atoms with Gasteiger partial charge in [-0.05, 0) is 44.9 Å². The van der Waals surface area contributed by atoms with E-state index in [-0.39, 0.29) is 24.9 Å². The molecule has 0 aliphatic heterocycles. The van der Waals surface area contributed by atoms with Crippen LogP contribution in [0, 0.1) is 0 Å². The number of hydrogen-bond donors (Lipinski definition) is 3. The van der Waals surface area contributed by atoms with Gasteiger partial charge in [0, 0.05) is 6.42 Å². The van der Waals surface area contributed by atoms with Crippen LogP contribution >= 0.6 is 0 Å². The number of esters is 1. The standard InChI is InChI=1S/C59H107NO5/c1-4-7-10-13-16-19-22-25-28-31-32-35-38-41-44-47-50-55(65-59(64)52-49-46-43-40-37-34-30-27-24-21-18-15-12-9-6-3)53-58(63)60-56(54-61)57(62)51-48-45-42-39-36-33-29-26-23-20-17-14-11-8-5-2/h10,13,16,19,22,25,28,31-32,35,55-57,61-62H,4-9,11-12,14-15,17-18,20-21,23-24,26-27,29-30,33-34,36-54H2,1-3H3,(H,60,63)/b13-10+,19-16+,25-22+,31-28+,35-32+. The van der Waals surface area contributed by atoms with Crippen molar-refractivity contribution in [3.05, 3.63) is 60.8 Å². The van der Waals surface area contributed by atoms with E-state index < -0.39 is 18.2 Å². The van der Waals surface area contributed by atoms with Gasteiger partial charge >= 0.3 is 5.97 Å². The molecule has 1 amide bonds. The van der Waals surface area contributed by atoms with Gasteiger partial charge in [-0.2, -0.15) is 0 Å². The Hall–Kier alpha value is -2.44. The minimum atomic E-state index is -0.800. The number of carbonyl (C=O) groups excluding carboxylic acids is 2. The zero-order valence-electron chi connectivity index (χ0n) is 43.1. The highest BCUT2D eigenvalue weighted by atomic mass is 16.5. The van der Waals surface area contributed by atoms with Gasteiger partial charge < -0.3 is 20.3 Å². The number of aliphatic hydroxyl groups is 2. The minimum absolute atomic E-state index is 0.0508. The summed E-state index contributed by atoms with van der Waals surface area (Å²) in [5.41, 5.74) is 0. The van der Waals surface area contributed by atoms with Crippen LogP contribution in [0.25, 0.3) is 0 Å². The Morgan fingerprint density at radius 2 is 0.815 bits per heavy atom. The predicted octanol–water partition coefficient (Wildman–Crippen LogP) is 17.2. The molecule has 0 fully saturated rings. The maximum atomic E-state index is 13.2. The Labute approximate surface area is 403 Å². The van der Waals surface area contributed by atoms with Crippen LogP contribution in [0.2, 0.25) is 0 Å². The van der Waals surface area contributed by atoms with Gasteiger partial charge in [0.05, 0.1) is 25.2 Å². The highest BCUT2D eigenvalue weighted by molar-refractivity contribution is 5.77. The average Bonchev–Trinajstić information content (AvgIpc) is 3.30. The van der Waals surface area contributed by atoms with Crippen molar-refractivity contribution in [3.63, 3.8) is 0 Å². The van der Waals surface area contributed by atoms with Crippen LogP contribution in [0.15, 0.2) is 60.8 Å². The molecule has 0 aliphatic carbocycles. The van der Waals surface area contributed by atoms with Crippen molar-refractivity contribution in [2.75, 3.05) is 6.61 Å². The average molecular weight is 911 g/mol. The molecule has 3 atom stereocenters. The molecule has 3 unspecified atom stereocenters. The SMILES string of the molecule is CCC/C=C/C=C/C=C/C=C/C=C/CCCCCC(CC(=O)NC(CO)C(O)CCCCCCCCCCCCCCCCC)OC(=O)CCCCCCCCCCCCCCCCC. The number of aliphatic hydroxyl groups excluding tert-OH is 2. The summed E-state index contributed by atoms with van der Waals surface area (Å²) < 4.78 is 5.94. The fraction of sp³-hybridized carbons (Fsp3) is 0.797. The van der Waals surface area contributed by atoms with E-state index in [0.717, 1.165) is 70.6 Å². The molecule has 0 aromatic heterocycles. The first-order valence-electron chi connectivity index (χ1n) is 28.1. The van der Waals surface area contributed by atoms with E-state index in [2.05, 4.69) is 50.4 Å². The van der Waals surface area contributed by atoms with Gasteiger partial charge in [-0.25, -0.2) is 0 Å². The molecule has 3 N–H and O–H groups in total. The minimum Gasteiger partial charge on any atom is -0.462 e. The lowest BCUT2D eigenvalue weighted by Gasteiger charge is -2.24. The van der Waals surface area contributed by atoms with Gasteiger partial charge in [-0.3, -0.25) is 9.59 Å². The number of rotatable bonds is 50. The summed E-state index contributed by atoms with van der Waals surface area (Å²) in [6, 6.07) is -0.716. The lowest BCUT2D eigenvalue weighted by atomic mass is 10.0. The summed E-state index contributed by atoms with van der Waals surface area (Å²) >= 11 is 0. The van der Waals surface area contributed by atoms with Crippen LogP contribution < -0.4 is 5.32 Å². The molecule has 0 radical (unpaired) electrons. The van der Waals surface area contributed by atoms with Crippen molar-refractivity contribution in [2.24, 2.45) is 0 Å². The normalized spacial score (nSPS) is 13.6. The van der Waals surface area contributed by atoms with E-state index in [1.807, 2.05) is 36.5 Å². The summed E-state index contributed by atoms with van der Waals surface area (Å²) in [4.78, 5) is 26.2. The number of allylic oxidation sites excluding steroid dienone is 10. The predicted molar refractivity (Wildman–Crippen MR) is 282 cm³/mol. The molecule has 0 saturated carbocycles. The number of unbranched alkanes of at least 4 members (excludes halogenated alkanes) is 32. The Morgan fingerprint density at radius 3 is 1.25 bits per heavy atom. The second-order valence-corrected chi connectivity index (χ2v) is 19.1. The van der Waals surface area contributed by atoms with Crippen molar-refractivity contribution in [1.82, 2.24) is 5.32 Å². The van der Waals surface area contributed by atoms with Gasteiger partial charge in [0.1, 0.15) is 6.10 Å². The molecular formula is C59H107NO5. The van der Waals surface area contributed by atoms with Crippen LogP contribution in [0.5, 0.6) is 0 Å². The number of hydrogen-bond acceptors (Lipinski definition) is 5. The second-order valence-electron chi connectivity index (χ2n) is 19.1. The fourth-order valence-electron chi connectivity index (χ4n) is 8.46. The molecule has 0 rings (SSSR count). The lowest BCUT2D eigenvalue weighted by molar-refractivity contribution is -0.151. The molecule has 0 saturated heterocycles. The van der Waals surface area contributed by atoms with E-state index in [4.69, 9.17) is 4.74 Å². The number of nitrogens with one attached hydrogen (secondary N) is 1. The molecule has 0 heterocycles. The second kappa shape index (κ2) is 52.5. The zero-order valence-corrected chi connectivity index (χ0v) is 43.1. The third-order valence-electron chi connectivity index (χ3n) is 12.7. The van der Waals surface area contributed by atoms with E-state index in [9.17, 15) is 19.8 Å². The third kappa shape index (κ3) is 47.8. The van der Waals surface area contributed by atoms with Crippen molar-refractivity contribution in [1.29, 1.82) is 0 Å². The van der Waals surface area contributed by atoms with E-state index >= 15 is 0 Å². The molecule has 0 aromatic rings. The zero-order chi connectivity index (χ0) is 47.4. The molecule has 0 spiro atoms. The van der Waals surface area contributed by atoms with Crippen LogP contribution in [0.4, 0.5) is 0 Å². The third-order valence-corrected chi connectivity index (χ3v) is 12.7. The number of amides is 1. The highest BCUT2D eigenvalue weighted by Gasteiger charge is 2.24. The van der Waals surface area contributed by atoms with E-state index in [1.54, 1.807) is 0 Å². The smallest absolute Gasteiger partial charge is 0.306 e. The van der Waals surface area contributed by atoms with Crippen molar-refractivity contribution in [2.45, 2.75) is 296 Å². The van der Waals surface area contributed by atoms with Crippen molar-refractivity contribution in [3.8, 4) is 0 Å². The van der Waals surface area contributed by atoms with Gasteiger partial charge in [0.15, 0.2) is 0 Å². The van der Waals surface area contributed by atoms with E-state index in [1.165, 1.54) is 161 Å². The molecule has 0 aliphatic rings. The monoisotopic (exact) mass is 910 g/mol. The summed E-state index contributed by atoms with van der Waals surface area (Å²) in [7, 11) is 0. The van der Waals surface area contributed by atoms with Crippen LogP contribution in [0.1, 0.15) is 278 Å². The van der Waals surface area contributed by atoms with Gasteiger partial charge in [-0.1, -0.05) is 281 Å². The molecule has 0 aromatic carbocycles. The Kier molecular flexibility index (Phi) is 50.6. The van der Waals surface area contributed by atoms with Crippen molar-refractivity contribution >= 4 is 11.9 Å². The first-order chi connectivity index (χ1) is 32.0. The summed E-state index contributed by atoms with van der Waals surface area (Å²) in [6.07, 6.45) is 65.6. The van der Waals surface area contributed by atoms with Crippen LogP contribution in [0.3, 0.4) is 0 Å². The molecule has 65 heavy (non-hydrogen) atoms. The van der Waals surface area contributed by atoms with Gasteiger partial charge in [-0.15, -0.1) is 0 Å². The molecule has 378 valence electrons. The summed E-state index contributed by atoms with van der Waals surface area (Å²) in [6.45, 7) is 6.41. The topological polar surface area (TPSA) is 95.9 Å². The number of carbonyl (C=O) groups is 2. The summed E-state index contributed by atoms with van der Waals surface area (Å²) in [5, 5.41) is 23.9. The maximum Gasteiger partial charge on any atom is 0.306 e. The summed E-state index contributed by atoms with van der Waals surface area (Å²) in [5.74, 6) is -0.506. The maximum absolute atomic E-state index is 13.2. The van der Waals surface area contributed by atoms with Crippen molar-refractivity contribution < 1.29 is 24.5 Å². The Morgan fingerprint density at radius 1 is 0.446 bits per heavy atom. The Balaban J connectivity index is 4.63. The fourth-order valence-corrected chi connectivity index (χ4v) is 8.46. The molecular weight excluding hydrogens is 803 g/mol. The van der Waals surface area contributed by atoms with Crippen LogP contribution in [-0.2, 0) is 14.3 Å². The highest BCUT2D eigenvalue weighted by Crippen LogP contribution is 2.18. The first-order valence-corrected chi connectivity index (χ1v) is 28.1.